The Hall–Kier alpha value is -1.11. The van der Waals surface area contributed by atoms with Gasteiger partial charge in [0.05, 0.1) is 7.05 Å². The van der Waals surface area contributed by atoms with E-state index in [4.69, 9.17) is 4.74 Å². The van der Waals surface area contributed by atoms with Crippen LogP contribution in [-0.4, -0.2) is 16.6 Å². The molecule has 1 aromatic heterocycles. The van der Waals surface area contributed by atoms with Crippen molar-refractivity contribution >= 4 is 17.0 Å². The summed E-state index contributed by atoms with van der Waals surface area (Å²) in [6.45, 7) is 11.3. The fraction of sp³-hybridized carbons (Fsp3) is 0.652. The summed E-state index contributed by atoms with van der Waals surface area (Å²) >= 11 is 0. The first-order valence-corrected chi connectivity index (χ1v) is 10.5. The summed E-state index contributed by atoms with van der Waals surface area (Å²) in [5.41, 5.74) is 3.49. The first-order chi connectivity index (χ1) is 12.8. The van der Waals surface area contributed by atoms with Gasteiger partial charge in [-0.1, -0.05) is 40.2 Å². The molecular formula is C23H35IN2O2. The van der Waals surface area contributed by atoms with Crippen LogP contribution < -0.4 is 28.5 Å². The Kier molecular flexibility index (Phi) is 7.94. The molecule has 0 aliphatic heterocycles. The molecule has 2 aromatic rings. The zero-order valence-electron chi connectivity index (χ0n) is 18.2. The summed E-state index contributed by atoms with van der Waals surface area (Å²) in [7, 11) is 2.08. The number of hydrogen-bond acceptors (Lipinski definition) is 2. The summed E-state index contributed by atoms with van der Waals surface area (Å²) in [5, 5.41) is 0. The monoisotopic (exact) mass is 498 g/mol. The van der Waals surface area contributed by atoms with E-state index in [1.165, 1.54) is 12.0 Å². The number of nitrogens with zero attached hydrogens (tertiary/aromatic N) is 2. The van der Waals surface area contributed by atoms with Gasteiger partial charge in [0, 0.05) is 6.42 Å². The maximum atomic E-state index is 12.9. The lowest BCUT2D eigenvalue weighted by molar-refractivity contribution is -0.653. The van der Waals surface area contributed by atoms with E-state index < -0.39 is 0 Å². The lowest BCUT2D eigenvalue weighted by Gasteiger charge is -2.36. The molecule has 0 radical (unpaired) electrons. The minimum atomic E-state index is -0.103. The molecule has 1 aromatic carbocycles. The minimum absolute atomic E-state index is 0. The second-order valence-corrected chi connectivity index (χ2v) is 8.76. The van der Waals surface area contributed by atoms with Crippen LogP contribution in [0.2, 0.25) is 0 Å². The molecule has 3 rings (SSSR count). The molecule has 1 aliphatic carbocycles. The van der Waals surface area contributed by atoms with Crippen LogP contribution >= 0.6 is 0 Å². The Labute approximate surface area is 186 Å². The number of aromatic nitrogens is 2. The van der Waals surface area contributed by atoms with Gasteiger partial charge in [-0.2, -0.15) is 0 Å². The average molecular weight is 498 g/mol. The van der Waals surface area contributed by atoms with E-state index in [-0.39, 0.29) is 36.0 Å². The minimum Gasteiger partial charge on any atom is -1.00 e. The molecule has 3 atom stereocenters. The Bertz CT molecular complexity index is 828. The van der Waals surface area contributed by atoms with E-state index in [9.17, 15) is 4.79 Å². The molecule has 28 heavy (non-hydrogen) atoms. The van der Waals surface area contributed by atoms with Crippen molar-refractivity contribution in [3.63, 3.8) is 0 Å². The molecule has 156 valence electrons. The number of carbonyl (C=O) groups is 1. The smallest absolute Gasteiger partial charge is 0.348 e. The standard InChI is InChI=1S/C23H35N2O2.HI/c1-7-22-24(6)19-11-9-16(4)12-20(19)25(22)14-23(26)27-21-13-17(5)8-10-18(21)15(2)3;/h9,11-12,15,17-18,21H,7-8,10,13-14H2,1-6H3;1H/q+1;/p-1/t17-,18+,21?;/m1./s1. The van der Waals surface area contributed by atoms with Crippen LogP contribution in [-0.2, 0) is 29.5 Å². The highest BCUT2D eigenvalue weighted by atomic mass is 127. The normalized spacial score (nSPS) is 22.3. The molecular weight excluding hydrogens is 463 g/mol. The van der Waals surface area contributed by atoms with Crippen molar-refractivity contribution in [2.75, 3.05) is 0 Å². The first kappa shape index (κ1) is 23.2. The van der Waals surface area contributed by atoms with E-state index in [0.717, 1.165) is 36.1 Å². The number of benzene rings is 1. The fourth-order valence-electron chi connectivity index (χ4n) is 4.78. The van der Waals surface area contributed by atoms with E-state index in [1.54, 1.807) is 0 Å². The van der Waals surface area contributed by atoms with E-state index in [1.807, 2.05) is 0 Å². The van der Waals surface area contributed by atoms with Gasteiger partial charge in [-0.15, -0.1) is 0 Å². The topological polar surface area (TPSA) is 35.1 Å². The van der Waals surface area contributed by atoms with Crippen molar-refractivity contribution in [3.8, 4) is 0 Å². The molecule has 0 spiro atoms. The number of halogens is 1. The highest BCUT2D eigenvalue weighted by Crippen LogP contribution is 2.35. The van der Waals surface area contributed by atoms with E-state index in [2.05, 4.69) is 69.0 Å². The van der Waals surface area contributed by atoms with Gasteiger partial charge in [0.2, 0.25) is 0 Å². The SMILES string of the molecule is CCc1n(CC(=O)OC2C[C@H](C)CC[C@H]2C(C)C)c2cc(C)ccc2[n+]1C.[I-]. The molecule has 0 amide bonds. The highest BCUT2D eigenvalue weighted by Gasteiger charge is 2.34. The Morgan fingerprint density at radius 1 is 1.32 bits per heavy atom. The Morgan fingerprint density at radius 2 is 2.04 bits per heavy atom. The van der Waals surface area contributed by atoms with E-state index >= 15 is 0 Å². The van der Waals surface area contributed by atoms with Gasteiger partial charge in [-0.25, -0.2) is 13.9 Å². The number of esters is 1. The zero-order valence-corrected chi connectivity index (χ0v) is 20.3. The van der Waals surface area contributed by atoms with Crippen molar-refractivity contribution in [2.45, 2.75) is 73.0 Å². The van der Waals surface area contributed by atoms with Crippen LogP contribution in [0.4, 0.5) is 0 Å². The summed E-state index contributed by atoms with van der Waals surface area (Å²) < 4.78 is 10.4. The summed E-state index contributed by atoms with van der Waals surface area (Å²) in [5.74, 6) is 2.72. The van der Waals surface area contributed by atoms with Crippen LogP contribution in [0.5, 0.6) is 0 Å². The largest absolute Gasteiger partial charge is 1.00 e. The average Bonchev–Trinajstić information content (AvgIpc) is 2.85. The lowest BCUT2D eigenvalue weighted by Crippen LogP contribution is -3.00. The molecule has 0 bridgehead atoms. The maximum absolute atomic E-state index is 12.9. The second kappa shape index (κ2) is 9.59. The van der Waals surface area contributed by atoms with Crippen molar-refractivity contribution in [1.29, 1.82) is 0 Å². The van der Waals surface area contributed by atoms with Crippen molar-refractivity contribution < 1.29 is 38.1 Å². The quantitative estimate of drug-likeness (QED) is 0.355. The molecule has 1 heterocycles. The third-order valence-electron chi connectivity index (χ3n) is 6.33. The molecule has 4 nitrogen and oxygen atoms in total. The molecule has 1 unspecified atom stereocenters. The Morgan fingerprint density at radius 3 is 2.68 bits per heavy atom. The maximum Gasteiger partial charge on any atom is 0.348 e. The Balaban J connectivity index is 0.00000280. The van der Waals surface area contributed by atoms with Crippen LogP contribution in [0.15, 0.2) is 18.2 Å². The van der Waals surface area contributed by atoms with E-state index in [0.29, 0.717) is 24.3 Å². The first-order valence-electron chi connectivity index (χ1n) is 10.5. The summed E-state index contributed by atoms with van der Waals surface area (Å²) in [6, 6.07) is 6.44. The number of imidazole rings is 1. The van der Waals surface area contributed by atoms with Crippen molar-refractivity contribution in [1.82, 2.24) is 4.57 Å². The third kappa shape index (κ3) is 4.71. The molecule has 0 saturated heterocycles. The molecule has 0 N–H and O–H groups in total. The fourth-order valence-corrected chi connectivity index (χ4v) is 4.78. The van der Waals surface area contributed by atoms with Gasteiger partial charge in [-0.05, 0) is 55.2 Å². The predicted octanol–water partition coefficient (Wildman–Crippen LogP) is 1.34. The van der Waals surface area contributed by atoms with Crippen LogP contribution in [0.3, 0.4) is 0 Å². The van der Waals surface area contributed by atoms with Gasteiger partial charge in [0.15, 0.2) is 17.6 Å². The van der Waals surface area contributed by atoms with Gasteiger partial charge in [-0.3, -0.25) is 0 Å². The number of fused-ring (bicyclic) bond motifs is 1. The molecule has 1 fully saturated rings. The number of hydrogen-bond donors (Lipinski definition) is 0. The molecule has 1 aliphatic rings. The number of aryl methyl sites for hydroxylation is 2. The van der Waals surface area contributed by atoms with Crippen LogP contribution in [0, 0.1) is 24.7 Å². The number of carbonyl (C=O) groups excluding carboxylic acids is 1. The van der Waals surface area contributed by atoms with Crippen molar-refractivity contribution in [3.05, 3.63) is 29.6 Å². The molecule has 1 saturated carbocycles. The second-order valence-electron chi connectivity index (χ2n) is 8.76. The zero-order chi connectivity index (χ0) is 19.7. The van der Waals surface area contributed by atoms with Gasteiger partial charge in [0.1, 0.15) is 6.10 Å². The molecule has 5 heteroatoms. The summed E-state index contributed by atoms with van der Waals surface area (Å²) in [4.78, 5) is 12.9. The third-order valence-corrected chi connectivity index (χ3v) is 6.33. The van der Waals surface area contributed by atoms with Crippen molar-refractivity contribution in [2.24, 2.45) is 24.8 Å². The van der Waals surface area contributed by atoms with Gasteiger partial charge >= 0.3 is 5.97 Å². The van der Waals surface area contributed by atoms with Gasteiger partial charge < -0.3 is 28.7 Å². The predicted molar refractivity (Wildman–Crippen MR) is 108 cm³/mol. The van der Waals surface area contributed by atoms with Crippen LogP contribution in [0.1, 0.15) is 58.3 Å². The summed E-state index contributed by atoms with van der Waals surface area (Å²) in [6.07, 6.45) is 4.34. The number of rotatable bonds is 5. The highest BCUT2D eigenvalue weighted by molar-refractivity contribution is 5.77. The number of ether oxygens (including phenoxy) is 1. The van der Waals surface area contributed by atoms with Crippen LogP contribution in [0.25, 0.3) is 11.0 Å². The van der Waals surface area contributed by atoms with Gasteiger partial charge in [0.25, 0.3) is 5.82 Å². The lowest BCUT2D eigenvalue weighted by atomic mass is 9.75.